The first-order chi connectivity index (χ1) is 7.45. The lowest BCUT2D eigenvalue weighted by Gasteiger charge is -2.21. The van der Waals surface area contributed by atoms with Gasteiger partial charge in [-0.2, -0.15) is 0 Å². The van der Waals surface area contributed by atoms with Crippen LogP contribution in [0.4, 0.5) is 0 Å². The molecule has 0 rings (SSSR count). The van der Waals surface area contributed by atoms with Crippen molar-refractivity contribution in [3.8, 4) is 0 Å². The van der Waals surface area contributed by atoms with Crippen LogP contribution >= 0.6 is 0 Å². The Kier molecular flexibility index (Phi) is 7.97. The van der Waals surface area contributed by atoms with Gasteiger partial charge in [-0.15, -0.1) is 0 Å². The third-order valence-corrected chi connectivity index (χ3v) is 5.16. The van der Waals surface area contributed by atoms with E-state index in [0.29, 0.717) is 13.0 Å². The van der Waals surface area contributed by atoms with Crippen LogP contribution in [0.15, 0.2) is 0 Å². The van der Waals surface area contributed by atoms with Gasteiger partial charge < -0.3 is 10.1 Å². The van der Waals surface area contributed by atoms with Gasteiger partial charge in [0.2, 0.25) is 0 Å². The summed E-state index contributed by atoms with van der Waals surface area (Å²) in [5.41, 5.74) is 0. The molecule has 0 amide bonds. The van der Waals surface area contributed by atoms with E-state index in [9.17, 15) is 8.42 Å². The molecule has 98 valence electrons. The molecule has 1 N–H and O–H groups in total. The third kappa shape index (κ3) is 5.82. The second kappa shape index (κ2) is 8.03. The van der Waals surface area contributed by atoms with Crippen molar-refractivity contribution >= 4 is 9.84 Å². The van der Waals surface area contributed by atoms with Gasteiger partial charge in [-0.05, 0) is 33.2 Å². The van der Waals surface area contributed by atoms with Gasteiger partial charge in [-0.1, -0.05) is 6.92 Å². The molecule has 5 heteroatoms. The highest BCUT2D eigenvalue weighted by molar-refractivity contribution is 7.92. The van der Waals surface area contributed by atoms with Crippen molar-refractivity contribution in [1.29, 1.82) is 0 Å². The highest BCUT2D eigenvalue weighted by atomic mass is 32.2. The smallest absolute Gasteiger partial charge is 0.154 e. The maximum Gasteiger partial charge on any atom is 0.154 e. The summed E-state index contributed by atoms with van der Waals surface area (Å²) < 4.78 is 28.7. The number of rotatable bonds is 9. The Balaban J connectivity index is 4.16. The van der Waals surface area contributed by atoms with E-state index in [2.05, 4.69) is 12.2 Å². The van der Waals surface area contributed by atoms with Crippen molar-refractivity contribution in [1.82, 2.24) is 5.32 Å². The van der Waals surface area contributed by atoms with E-state index in [1.807, 2.05) is 6.92 Å². The number of hydrogen-bond donors (Lipinski definition) is 1. The molecule has 0 aliphatic heterocycles. The fraction of sp³-hybridized carbons (Fsp3) is 1.00. The molecule has 0 aromatic heterocycles. The Hall–Kier alpha value is -0.130. The van der Waals surface area contributed by atoms with E-state index in [0.717, 1.165) is 13.0 Å². The maximum atomic E-state index is 11.9. The first kappa shape index (κ1) is 15.9. The molecule has 2 unspecified atom stereocenters. The van der Waals surface area contributed by atoms with Gasteiger partial charge >= 0.3 is 0 Å². The Bertz CT molecular complexity index is 264. The van der Waals surface area contributed by atoms with Crippen molar-refractivity contribution in [2.45, 2.75) is 44.9 Å². The van der Waals surface area contributed by atoms with Crippen LogP contribution in [0.3, 0.4) is 0 Å². The fourth-order valence-corrected chi connectivity index (χ4v) is 3.05. The molecule has 0 aromatic rings. The summed E-state index contributed by atoms with van der Waals surface area (Å²) in [5.74, 6) is 0.208. The van der Waals surface area contributed by atoms with Gasteiger partial charge in [0.1, 0.15) is 0 Å². The molecule has 2 atom stereocenters. The second-order valence-electron chi connectivity index (χ2n) is 4.16. The zero-order valence-electron chi connectivity index (χ0n) is 10.8. The molecular formula is C11H25NO3S. The molecule has 0 aromatic carbocycles. The maximum absolute atomic E-state index is 11.9. The van der Waals surface area contributed by atoms with Crippen LogP contribution in [0.1, 0.15) is 33.6 Å². The van der Waals surface area contributed by atoms with Crippen molar-refractivity contribution in [2.24, 2.45) is 0 Å². The lowest BCUT2D eigenvalue weighted by atomic mass is 10.2. The molecule has 0 aliphatic rings. The quantitative estimate of drug-likeness (QED) is 0.626. The molecular weight excluding hydrogens is 226 g/mol. The van der Waals surface area contributed by atoms with E-state index in [1.54, 1.807) is 14.0 Å². The molecule has 0 heterocycles. The summed E-state index contributed by atoms with van der Waals surface area (Å²) in [6, 6.07) is 0.00694. The number of nitrogens with one attached hydrogen (secondary N) is 1. The predicted molar refractivity (Wildman–Crippen MR) is 67.5 cm³/mol. The summed E-state index contributed by atoms with van der Waals surface area (Å²) in [7, 11) is -1.42. The third-order valence-electron chi connectivity index (χ3n) is 2.76. The Labute approximate surface area is 99.7 Å². The predicted octanol–water partition coefficient (Wildman–Crippen LogP) is 1.21. The molecule has 0 bridgehead atoms. The summed E-state index contributed by atoms with van der Waals surface area (Å²) >= 11 is 0. The molecule has 0 radical (unpaired) electrons. The standard InChI is InChI=1S/C11H25NO3S/c1-5-7-12-10(2)11(3)16(13,14)9-6-8-15-4/h10-12H,5-9H2,1-4H3. The Morgan fingerprint density at radius 1 is 1.31 bits per heavy atom. The SMILES string of the molecule is CCCNC(C)C(C)S(=O)(=O)CCCOC. The van der Waals surface area contributed by atoms with Crippen LogP contribution in [-0.2, 0) is 14.6 Å². The topological polar surface area (TPSA) is 55.4 Å². The minimum absolute atomic E-state index is 0.00694. The van der Waals surface area contributed by atoms with Gasteiger partial charge in [-0.3, -0.25) is 0 Å². The highest BCUT2D eigenvalue weighted by Crippen LogP contribution is 2.08. The van der Waals surface area contributed by atoms with Crippen LogP contribution in [0.2, 0.25) is 0 Å². The van der Waals surface area contributed by atoms with Gasteiger partial charge in [0.15, 0.2) is 9.84 Å². The number of methoxy groups -OCH3 is 1. The molecule has 0 fully saturated rings. The molecule has 0 spiro atoms. The first-order valence-corrected chi connectivity index (χ1v) is 7.61. The van der Waals surface area contributed by atoms with Crippen LogP contribution in [-0.4, -0.2) is 45.7 Å². The summed E-state index contributed by atoms with van der Waals surface area (Å²) in [6.07, 6.45) is 1.59. The Morgan fingerprint density at radius 2 is 1.94 bits per heavy atom. The second-order valence-corrected chi connectivity index (χ2v) is 6.64. The van der Waals surface area contributed by atoms with Gasteiger partial charge in [0, 0.05) is 19.8 Å². The van der Waals surface area contributed by atoms with Gasteiger partial charge in [0.05, 0.1) is 11.0 Å². The summed E-state index contributed by atoms with van der Waals surface area (Å²) in [5, 5.41) is 2.88. The van der Waals surface area contributed by atoms with Crippen LogP contribution < -0.4 is 5.32 Å². The zero-order valence-corrected chi connectivity index (χ0v) is 11.6. The van der Waals surface area contributed by atoms with E-state index in [1.165, 1.54) is 0 Å². The number of ether oxygens (including phenoxy) is 1. The first-order valence-electron chi connectivity index (χ1n) is 5.89. The van der Waals surface area contributed by atoms with Crippen LogP contribution in [0, 0.1) is 0 Å². The van der Waals surface area contributed by atoms with Crippen molar-refractivity contribution in [2.75, 3.05) is 26.0 Å². The number of hydrogen-bond acceptors (Lipinski definition) is 4. The van der Waals surface area contributed by atoms with E-state index in [-0.39, 0.29) is 17.0 Å². The highest BCUT2D eigenvalue weighted by Gasteiger charge is 2.25. The zero-order chi connectivity index (χ0) is 12.6. The van der Waals surface area contributed by atoms with Crippen LogP contribution in [0.5, 0.6) is 0 Å². The molecule has 0 saturated carbocycles. The monoisotopic (exact) mass is 251 g/mol. The minimum Gasteiger partial charge on any atom is -0.385 e. The lowest BCUT2D eigenvalue weighted by Crippen LogP contribution is -2.41. The largest absolute Gasteiger partial charge is 0.385 e. The molecule has 0 saturated heterocycles. The van der Waals surface area contributed by atoms with Crippen molar-refractivity contribution < 1.29 is 13.2 Å². The van der Waals surface area contributed by atoms with E-state index >= 15 is 0 Å². The van der Waals surface area contributed by atoms with E-state index < -0.39 is 9.84 Å². The summed E-state index contributed by atoms with van der Waals surface area (Å²) in [4.78, 5) is 0. The van der Waals surface area contributed by atoms with E-state index in [4.69, 9.17) is 4.74 Å². The van der Waals surface area contributed by atoms with Gasteiger partial charge in [-0.25, -0.2) is 8.42 Å². The van der Waals surface area contributed by atoms with Crippen molar-refractivity contribution in [3.05, 3.63) is 0 Å². The number of sulfone groups is 1. The average molecular weight is 251 g/mol. The minimum atomic E-state index is -3.00. The molecule has 0 aliphatic carbocycles. The normalized spacial score (nSPS) is 16.0. The average Bonchev–Trinajstić information content (AvgIpc) is 2.25. The summed E-state index contributed by atoms with van der Waals surface area (Å²) in [6.45, 7) is 7.13. The lowest BCUT2D eigenvalue weighted by molar-refractivity contribution is 0.199. The fourth-order valence-electron chi connectivity index (χ4n) is 1.44. The molecule has 4 nitrogen and oxygen atoms in total. The van der Waals surface area contributed by atoms with Crippen LogP contribution in [0.25, 0.3) is 0 Å². The van der Waals surface area contributed by atoms with Gasteiger partial charge in [0.25, 0.3) is 0 Å². The molecule has 16 heavy (non-hydrogen) atoms. The van der Waals surface area contributed by atoms with Crippen molar-refractivity contribution in [3.63, 3.8) is 0 Å². The Morgan fingerprint density at radius 3 is 2.44 bits per heavy atom.